The zero-order chi connectivity index (χ0) is 14.8. The van der Waals surface area contributed by atoms with Crippen molar-refractivity contribution in [3.63, 3.8) is 0 Å². The first-order chi connectivity index (χ1) is 9.36. The second-order valence-electron chi connectivity index (χ2n) is 6.61. The first kappa shape index (κ1) is 15.4. The summed E-state index contributed by atoms with van der Waals surface area (Å²) in [5.41, 5.74) is 1.17. The molecule has 0 aromatic carbocycles. The number of aliphatic carboxylic acids is 1. The first-order valence-corrected chi connectivity index (χ1v) is 8.15. The summed E-state index contributed by atoms with van der Waals surface area (Å²) in [5.74, 6) is -0.699. The predicted octanol–water partition coefficient (Wildman–Crippen LogP) is 3.27. The molecule has 1 aromatic heterocycles. The number of hydrogen-bond donors (Lipinski definition) is 1. The molecule has 2 rings (SSSR count). The number of hydrogen-bond acceptors (Lipinski definition) is 4. The van der Waals surface area contributed by atoms with Crippen LogP contribution in [0.2, 0.25) is 0 Å². The maximum absolute atomic E-state index is 11.0. The number of carboxylic acids is 1. The van der Waals surface area contributed by atoms with Gasteiger partial charge in [0.15, 0.2) is 0 Å². The smallest absolute Gasteiger partial charge is 0.304 e. The van der Waals surface area contributed by atoms with E-state index in [1.807, 2.05) is 0 Å². The van der Waals surface area contributed by atoms with Crippen LogP contribution in [0.4, 0.5) is 0 Å². The lowest BCUT2D eigenvalue weighted by atomic mass is 9.98. The van der Waals surface area contributed by atoms with E-state index in [4.69, 9.17) is 10.1 Å². The highest BCUT2D eigenvalue weighted by Gasteiger charge is 2.26. The number of carboxylic acid groups (broad SMARTS) is 1. The van der Waals surface area contributed by atoms with Gasteiger partial charge in [-0.1, -0.05) is 27.2 Å². The highest BCUT2D eigenvalue weighted by Crippen LogP contribution is 2.27. The van der Waals surface area contributed by atoms with Crippen molar-refractivity contribution < 1.29 is 9.90 Å². The molecule has 0 amide bonds. The molecule has 1 atom stereocenters. The number of nitrogens with zero attached hydrogens (tertiary/aromatic N) is 2. The molecule has 0 saturated carbocycles. The van der Waals surface area contributed by atoms with Gasteiger partial charge in [0.25, 0.3) is 0 Å². The van der Waals surface area contributed by atoms with Gasteiger partial charge >= 0.3 is 5.97 Å². The van der Waals surface area contributed by atoms with Crippen LogP contribution in [-0.2, 0) is 16.8 Å². The van der Waals surface area contributed by atoms with E-state index in [0.717, 1.165) is 43.1 Å². The summed E-state index contributed by atoms with van der Waals surface area (Å²) in [7, 11) is 0. The molecular weight excluding hydrogens is 272 g/mol. The number of piperidine rings is 1. The van der Waals surface area contributed by atoms with Gasteiger partial charge < -0.3 is 5.11 Å². The van der Waals surface area contributed by atoms with E-state index in [-0.39, 0.29) is 17.9 Å². The SMILES string of the molecule is CC(C)(C)c1nc(CN2CCCCC2CC(=O)O)cs1. The maximum Gasteiger partial charge on any atom is 0.304 e. The minimum atomic E-state index is -0.699. The first-order valence-electron chi connectivity index (χ1n) is 7.27. The quantitative estimate of drug-likeness (QED) is 0.926. The van der Waals surface area contributed by atoms with E-state index in [1.165, 1.54) is 0 Å². The molecule has 1 N–H and O–H groups in total. The Morgan fingerprint density at radius 1 is 1.50 bits per heavy atom. The van der Waals surface area contributed by atoms with Crippen molar-refractivity contribution in [2.75, 3.05) is 6.54 Å². The van der Waals surface area contributed by atoms with Gasteiger partial charge in [-0.2, -0.15) is 0 Å². The number of likely N-dealkylation sites (tertiary alicyclic amines) is 1. The molecule has 5 heteroatoms. The van der Waals surface area contributed by atoms with Gasteiger partial charge in [-0.3, -0.25) is 9.69 Å². The highest BCUT2D eigenvalue weighted by molar-refractivity contribution is 7.09. The van der Waals surface area contributed by atoms with E-state index in [1.54, 1.807) is 11.3 Å². The molecule has 2 heterocycles. The lowest BCUT2D eigenvalue weighted by molar-refractivity contribution is -0.138. The van der Waals surface area contributed by atoms with Gasteiger partial charge in [0.2, 0.25) is 0 Å². The topological polar surface area (TPSA) is 53.4 Å². The van der Waals surface area contributed by atoms with Gasteiger partial charge in [0.05, 0.1) is 17.1 Å². The zero-order valence-electron chi connectivity index (χ0n) is 12.6. The summed E-state index contributed by atoms with van der Waals surface area (Å²) in [6.45, 7) is 8.28. The molecule has 1 aromatic rings. The van der Waals surface area contributed by atoms with Crippen molar-refractivity contribution in [1.82, 2.24) is 9.88 Å². The highest BCUT2D eigenvalue weighted by atomic mass is 32.1. The molecule has 1 fully saturated rings. The van der Waals surface area contributed by atoms with Gasteiger partial charge in [-0.25, -0.2) is 4.98 Å². The lowest BCUT2D eigenvalue weighted by Gasteiger charge is -2.34. The van der Waals surface area contributed by atoms with Crippen LogP contribution in [-0.4, -0.2) is 33.5 Å². The molecule has 1 aliphatic rings. The summed E-state index contributed by atoms with van der Waals surface area (Å²) in [6.07, 6.45) is 3.53. The molecule has 4 nitrogen and oxygen atoms in total. The van der Waals surface area contributed by atoms with Gasteiger partial charge in [-0.05, 0) is 19.4 Å². The summed E-state index contributed by atoms with van der Waals surface area (Å²) in [5, 5.41) is 12.3. The Morgan fingerprint density at radius 2 is 2.25 bits per heavy atom. The minimum Gasteiger partial charge on any atom is -0.481 e. The Labute approximate surface area is 124 Å². The Bertz CT molecular complexity index is 465. The fraction of sp³-hybridized carbons (Fsp3) is 0.733. The van der Waals surface area contributed by atoms with Crippen LogP contribution in [0.3, 0.4) is 0 Å². The van der Waals surface area contributed by atoms with Crippen molar-refractivity contribution in [2.45, 2.75) is 64.5 Å². The number of thiazole rings is 1. The molecular formula is C15H24N2O2S. The van der Waals surface area contributed by atoms with Crippen molar-refractivity contribution in [3.05, 3.63) is 16.1 Å². The maximum atomic E-state index is 11.0. The van der Waals surface area contributed by atoms with E-state index in [9.17, 15) is 4.79 Å². The Kier molecular flexibility index (Phi) is 4.81. The van der Waals surface area contributed by atoms with Crippen molar-refractivity contribution in [2.24, 2.45) is 0 Å². The average molecular weight is 296 g/mol. The molecule has 0 aliphatic carbocycles. The monoisotopic (exact) mass is 296 g/mol. The van der Waals surface area contributed by atoms with Crippen LogP contribution >= 0.6 is 11.3 Å². The van der Waals surface area contributed by atoms with Crippen molar-refractivity contribution in [3.8, 4) is 0 Å². The largest absolute Gasteiger partial charge is 0.481 e. The van der Waals surface area contributed by atoms with Crippen LogP contribution in [0.25, 0.3) is 0 Å². The van der Waals surface area contributed by atoms with E-state index in [2.05, 4.69) is 31.1 Å². The van der Waals surface area contributed by atoms with Crippen molar-refractivity contribution >= 4 is 17.3 Å². The van der Waals surface area contributed by atoms with Gasteiger partial charge in [0.1, 0.15) is 0 Å². The third kappa shape index (κ3) is 4.03. The Balaban J connectivity index is 2.03. The predicted molar refractivity (Wildman–Crippen MR) is 81.1 cm³/mol. The van der Waals surface area contributed by atoms with Crippen LogP contribution in [0, 0.1) is 0 Å². The summed E-state index contributed by atoms with van der Waals surface area (Å²) >= 11 is 1.71. The minimum absolute atomic E-state index is 0.0886. The molecule has 0 bridgehead atoms. The molecule has 0 radical (unpaired) electrons. The number of carbonyl (C=O) groups is 1. The number of aromatic nitrogens is 1. The lowest BCUT2D eigenvalue weighted by Crippen LogP contribution is -2.40. The zero-order valence-corrected chi connectivity index (χ0v) is 13.4. The Morgan fingerprint density at radius 3 is 2.85 bits per heavy atom. The van der Waals surface area contributed by atoms with Crippen LogP contribution in [0.15, 0.2) is 5.38 Å². The van der Waals surface area contributed by atoms with Crippen molar-refractivity contribution in [1.29, 1.82) is 0 Å². The summed E-state index contributed by atoms with van der Waals surface area (Å²) in [4.78, 5) is 18.0. The van der Waals surface area contributed by atoms with Crippen LogP contribution in [0.5, 0.6) is 0 Å². The normalized spacial score (nSPS) is 21.1. The Hall–Kier alpha value is -0.940. The fourth-order valence-corrected chi connectivity index (χ4v) is 3.53. The standard InChI is InChI=1S/C15H24N2O2S/c1-15(2,3)14-16-11(10-20-14)9-17-7-5-4-6-12(17)8-13(18)19/h10,12H,4-9H2,1-3H3,(H,18,19). The summed E-state index contributed by atoms with van der Waals surface area (Å²) in [6, 6.07) is 0.168. The van der Waals surface area contributed by atoms with E-state index >= 15 is 0 Å². The molecule has 1 aliphatic heterocycles. The third-order valence-electron chi connectivity index (χ3n) is 3.72. The van der Waals surface area contributed by atoms with E-state index in [0.29, 0.717) is 0 Å². The summed E-state index contributed by atoms with van der Waals surface area (Å²) < 4.78 is 0. The second-order valence-corrected chi connectivity index (χ2v) is 7.47. The molecule has 0 spiro atoms. The third-order valence-corrected chi connectivity index (χ3v) is 5.03. The second kappa shape index (κ2) is 6.22. The van der Waals surface area contributed by atoms with Crippen LogP contribution < -0.4 is 0 Å². The average Bonchev–Trinajstić information content (AvgIpc) is 2.79. The molecule has 112 valence electrons. The number of rotatable bonds is 4. The molecule has 20 heavy (non-hydrogen) atoms. The van der Waals surface area contributed by atoms with E-state index < -0.39 is 5.97 Å². The van der Waals surface area contributed by atoms with Gasteiger partial charge in [0, 0.05) is 23.4 Å². The molecule has 1 unspecified atom stereocenters. The van der Waals surface area contributed by atoms with Crippen LogP contribution in [0.1, 0.15) is 57.2 Å². The molecule has 1 saturated heterocycles. The fourth-order valence-electron chi connectivity index (χ4n) is 2.63. The van der Waals surface area contributed by atoms with Gasteiger partial charge in [-0.15, -0.1) is 11.3 Å².